The molecule has 2 fully saturated rings. The number of aliphatic hydroxyl groups is 7. The van der Waals surface area contributed by atoms with E-state index in [-0.39, 0.29) is 69.6 Å². The normalized spacial score (nSPS) is 29.1. The van der Waals surface area contributed by atoms with Gasteiger partial charge in [-0.05, 0) is 166 Å². The SMILES string of the molecule is CCCC[C@H](O)[C@H](O)/C=C/C1=C(\C[C@H](O)CO)[C@H]2CC[C@@H](O)[C@@H]3N[C@@H](C)CC[C@H]([C@@H]3CC(=O)O)[C@H](O)Cc3ccc(cc3CC3(C(=O)O)CCCC3)C[C@@]([C@@](C)(O)Cc3ccc(O)cc3)(CC#Cc3ccccc3CC1)N2. The maximum absolute atomic E-state index is 13.7. The quantitative estimate of drug-likeness (QED) is 0.0635. The molecule has 77 heavy (non-hydrogen) atoms. The summed E-state index contributed by atoms with van der Waals surface area (Å²) in [5.74, 6) is 3.77. The van der Waals surface area contributed by atoms with Crippen molar-refractivity contribution in [3.63, 3.8) is 0 Å². The predicted molar refractivity (Wildman–Crippen MR) is 296 cm³/mol. The Morgan fingerprint density at radius 2 is 1.66 bits per heavy atom. The van der Waals surface area contributed by atoms with Gasteiger partial charge in [-0.2, -0.15) is 0 Å². The van der Waals surface area contributed by atoms with Gasteiger partial charge in [0.2, 0.25) is 0 Å². The number of benzene rings is 3. The summed E-state index contributed by atoms with van der Waals surface area (Å²) >= 11 is 0. The van der Waals surface area contributed by atoms with Gasteiger partial charge < -0.3 is 61.7 Å². The Kier molecular flexibility index (Phi) is 20.8. The van der Waals surface area contributed by atoms with Crippen LogP contribution in [0.5, 0.6) is 5.75 Å². The van der Waals surface area contributed by atoms with Crippen molar-refractivity contribution < 1.29 is 60.7 Å². The number of allylic oxidation sites excluding steroid dienone is 2. The first-order valence-electron chi connectivity index (χ1n) is 28.3. The van der Waals surface area contributed by atoms with Gasteiger partial charge in [-0.1, -0.05) is 105 Å². The number of fused-ring (bicyclic) bond motifs is 6. The Labute approximate surface area is 455 Å². The fourth-order valence-corrected chi connectivity index (χ4v) is 13.2. The molecule has 0 unspecified atom stereocenters. The third kappa shape index (κ3) is 15.1. The van der Waals surface area contributed by atoms with E-state index in [1.807, 2.05) is 56.3 Å². The third-order valence-electron chi connectivity index (χ3n) is 17.7. The van der Waals surface area contributed by atoms with Crippen LogP contribution in [0.15, 0.2) is 90.0 Å². The summed E-state index contributed by atoms with van der Waals surface area (Å²) in [6, 6.07) is 18.5. The number of phenols is 1. The van der Waals surface area contributed by atoms with E-state index >= 15 is 0 Å². The summed E-state index contributed by atoms with van der Waals surface area (Å²) in [6.45, 7) is 5.15. The van der Waals surface area contributed by atoms with Gasteiger partial charge in [0.25, 0.3) is 0 Å². The molecule has 0 radical (unpaired) electrons. The Morgan fingerprint density at radius 1 is 0.922 bits per heavy atom. The molecule has 1 saturated carbocycles. The summed E-state index contributed by atoms with van der Waals surface area (Å²) in [5.41, 5.74) is 1.75. The number of carboxylic acid groups (broad SMARTS) is 2. The van der Waals surface area contributed by atoms with Gasteiger partial charge in [0.1, 0.15) is 5.75 Å². The molecule has 3 aromatic rings. The second-order valence-electron chi connectivity index (χ2n) is 23.4. The van der Waals surface area contributed by atoms with Crippen LogP contribution >= 0.6 is 0 Å². The highest BCUT2D eigenvalue weighted by molar-refractivity contribution is 5.75. The number of unbranched alkanes of at least 4 members (excludes halogenated alkanes) is 1. The summed E-state index contributed by atoms with van der Waals surface area (Å²) in [6.07, 6.45) is 4.19. The number of hydrogen-bond acceptors (Lipinski definition) is 12. The topological polar surface area (TPSA) is 260 Å². The zero-order valence-corrected chi connectivity index (χ0v) is 45.4. The van der Waals surface area contributed by atoms with Crippen molar-refractivity contribution in [1.82, 2.24) is 10.6 Å². The molecule has 0 spiro atoms. The molecule has 4 aliphatic heterocycles. The smallest absolute Gasteiger partial charge is 0.309 e. The lowest BCUT2D eigenvalue weighted by Gasteiger charge is -2.49. The van der Waals surface area contributed by atoms with Gasteiger partial charge in [-0.15, -0.1) is 0 Å². The van der Waals surface area contributed by atoms with E-state index < -0.39 is 89.5 Å². The van der Waals surface area contributed by atoms with Gasteiger partial charge in [0.15, 0.2) is 0 Å². The van der Waals surface area contributed by atoms with Crippen LogP contribution in [-0.2, 0) is 41.7 Å². The average molecular weight is 1060 g/mol. The third-order valence-corrected chi connectivity index (χ3v) is 17.7. The minimum Gasteiger partial charge on any atom is -0.508 e. The van der Waals surface area contributed by atoms with E-state index in [1.54, 1.807) is 43.3 Å². The molecule has 1 aliphatic carbocycles. The lowest BCUT2D eigenvalue weighted by Crippen LogP contribution is -2.66. The largest absolute Gasteiger partial charge is 0.508 e. The minimum absolute atomic E-state index is 0.0355. The second-order valence-corrected chi connectivity index (χ2v) is 23.4. The molecular weight excluding hydrogens is 977 g/mol. The zero-order chi connectivity index (χ0) is 55.5. The highest BCUT2D eigenvalue weighted by Gasteiger charge is 2.50. The van der Waals surface area contributed by atoms with Crippen molar-refractivity contribution >= 4 is 11.9 Å². The van der Waals surface area contributed by atoms with Crippen LogP contribution in [-0.4, -0.2) is 129 Å². The minimum atomic E-state index is -1.71. The van der Waals surface area contributed by atoms with E-state index in [4.69, 9.17) is 0 Å². The molecule has 12 N–H and O–H groups in total. The van der Waals surface area contributed by atoms with Crippen LogP contribution in [0.4, 0.5) is 0 Å². The van der Waals surface area contributed by atoms with Gasteiger partial charge >= 0.3 is 11.9 Å². The predicted octanol–water partition coefficient (Wildman–Crippen LogP) is 6.61. The first-order chi connectivity index (χ1) is 36.8. The number of phenolic OH excluding ortho intramolecular Hbond substituents is 1. The zero-order valence-electron chi connectivity index (χ0n) is 45.4. The number of aromatic hydroxyl groups is 1. The maximum Gasteiger partial charge on any atom is 0.309 e. The van der Waals surface area contributed by atoms with Gasteiger partial charge in [0.05, 0.1) is 60.1 Å². The number of carboxylic acids is 2. The van der Waals surface area contributed by atoms with Crippen LogP contribution in [0.3, 0.4) is 0 Å². The van der Waals surface area contributed by atoms with Crippen molar-refractivity contribution in [2.24, 2.45) is 17.3 Å². The standard InChI is InChI=1S/C63H86N2O12/c1-4-5-14-54(69)55(70)27-22-45-21-20-44-12-7-6-11-43(44)13-10-31-63(61(3,77)36-41-17-23-48(67)24-18-41)37-42-16-19-46(47(32-42)38-62(60(75)76)29-8-9-30-62)33-57(72)50-25-15-40(2)64-59(52(50)35-58(73)74)56(71)28-26-53(65-63)51(45)34-49(68)39-66/h6-7,11-12,16-19,22-24,27,32,40,49-50,52-57,59,64-72,77H,4-5,8-9,14-15,20-21,25-26,28-31,33-39H2,1-3H3,(H,73,74)(H,75,76)/b27-22+,51-45+/t40-,49-,50+,52-,53+,54-,55+,56+,57+,59+,61-,63+/m0/s1. The van der Waals surface area contributed by atoms with Gasteiger partial charge in [-0.25, -0.2) is 0 Å². The molecule has 420 valence electrons. The van der Waals surface area contributed by atoms with Crippen LogP contribution in [0.2, 0.25) is 0 Å². The molecule has 8 rings (SSSR count). The van der Waals surface area contributed by atoms with Crippen molar-refractivity contribution in [1.29, 1.82) is 0 Å². The van der Waals surface area contributed by atoms with Crippen molar-refractivity contribution in [2.75, 3.05) is 6.61 Å². The Balaban J connectivity index is 1.54. The van der Waals surface area contributed by atoms with E-state index in [0.29, 0.717) is 68.1 Å². The lowest BCUT2D eigenvalue weighted by atomic mass is 9.69. The number of aliphatic hydroxyl groups excluding tert-OH is 6. The second kappa shape index (κ2) is 26.8. The highest BCUT2D eigenvalue weighted by Crippen LogP contribution is 2.44. The maximum atomic E-state index is 13.7. The molecule has 1 saturated heterocycles. The molecule has 3 aromatic carbocycles. The van der Waals surface area contributed by atoms with Crippen molar-refractivity contribution in [3.8, 4) is 17.6 Å². The Morgan fingerprint density at radius 3 is 2.36 bits per heavy atom. The van der Waals surface area contributed by atoms with Crippen LogP contribution in [0, 0.1) is 29.1 Å². The first-order valence-corrected chi connectivity index (χ1v) is 28.3. The molecule has 0 amide bonds. The number of aliphatic carboxylic acids is 2. The number of hydrogen-bond donors (Lipinski definition) is 12. The van der Waals surface area contributed by atoms with E-state index in [0.717, 1.165) is 47.1 Å². The highest BCUT2D eigenvalue weighted by atomic mass is 16.4. The number of carbonyl (C=O) groups is 2. The monoisotopic (exact) mass is 1060 g/mol. The summed E-state index contributed by atoms with van der Waals surface area (Å²) in [5, 5.41) is 123. The summed E-state index contributed by atoms with van der Waals surface area (Å²) in [7, 11) is 0. The molecule has 6 bridgehead atoms. The number of nitrogens with one attached hydrogen (secondary N) is 2. The molecule has 4 heterocycles. The fourth-order valence-electron chi connectivity index (χ4n) is 13.2. The van der Waals surface area contributed by atoms with Crippen LogP contribution < -0.4 is 10.6 Å². The van der Waals surface area contributed by atoms with E-state index in [9.17, 15) is 60.7 Å². The van der Waals surface area contributed by atoms with Crippen LogP contribution in [0.1, 0.15) is 150 Å². The van der Waals surface area contributed by atoms with Crippen molar-refractivity contribution in [2.45, 2.75) is 209 Å². The number of rotatable bonds is 17. The Bertz CT molecular complexity index is 2580. The van der Waals surface area contributed by atoms with Gasteiger partial charge in [0, 0.05) is 36.5 Å². The Hall–Kier alpha value is -4.92. The van der Waals surface area contributed by atoms with Crippen LogP contribution in [0.25, 0.3) is 0 Å². The molecule has 0 aromatic heterocycles. The van der Waals surface area contributed by atoms with E-state index in [2.05, 4.69) is 22.5 Å². The summed E-state index contributed by atoms with van der Waals surface area (Å²) < 4.78 is 0. The number of aryl methyl sites for hydroxylation is 1. The first kappa shape index (κ1) is 59.7. The molecule has 5 aliphatic rings. The molecule has 14 heteroatoms. The van der Waals surface area contributed by atoms with E-state index in [1.165, 1.54) is 0 Å². The average Bonchev–Trinajstić information content (AvgIpc) is 3.86. The summed E-state index contributed by atoms with van der Waals surface area (Å²) in [4.78, 5) is 26.3. The fraction of sp³-hybridized carbons (Fsp3) is 0.587. The lowest BCUT2D eigenvalue weighted by molar-refractivity contribution is -0.148. The van der Waals surface area contributed by atoms with Gasteiger partial charge in [-0.3, -0.25) is 9.59 Å². The van der Waals surface area contributed by atoms with Crippen molar-refractivity contribution in [3.05, 3.63) is 123 Å². The molecular formula is C63H86N2O12. The molecule has 12 atom stereocenters. The molecule has 14 nitrogen and oxygen atoms in total.